The van der Waals surface area contributed by atoms with Gasteiger partial charge in [-0.2, -0.15) is 0 Å². The Labute approximate surface area is 127 Å². The van der Waals surface area contributed by atoms with Crippen LogP contribution in [-0.2, 0) is 6.42 Å². The number of aryl methyl sites for hydroxylation is 1. The number of carbonyl (C=O) groups excluding carboxylic acids is 1. The highest BCUT2D eigenvalue weighted by Gasteiger charge is 2.30. The van der Waals surface area contributed by atoms with Gasteiger partial charge in [-0.15, -0.1) is 0 Å². The van der Waals surface area contributed by atoms with E-state index >= 15 is 0 Å². The summed E-state index contributed by atoms with van der Waals surface area (Å²) in [6.45, 7) is 0. The van der Waals surface area contributed by atoms with Crippen molar-refractivity contribution in [2.75, 3.05) is 0 Å². The maximum absolute atomic E-state index is 12.3. The standard InChI is InChI=1S/C16H15ClN2O2/c17-14-9-6-11-12(18-14)7-8-13(20)15(11)19-16(21)10-4-2-1-3-5-10/h1-6,9,13,15,20H,7-8H2,(H,19,21)/t13-,15-/m1/s1. The largest absolute Gasteiger partial charge is 0.391 e. The summed E-state index contributed by atoms with van der Waals surface area (Å²) in [4.78, 5) is 16.5. The maximum Gasteiger partial charge on any atom is 0.251 e. The second-order valence-corrected chi connectivity index (χ2v) is 5.48. The minimum atomic E-state index is -0.617. The Hall–Kier alpha value is -1.91. The van der Waals surface area contributed by atoms with E-state index < -0.39 is 12.1 Å². The summed E-state index contributed by atoms with van der Waals surface area (Å²) in [5, 5.41) is 13.5. The first-order valence-corrected chi connectivity index (χ1v) is 7.22. The third kappa shape index (κ3) is 2.91. The Morgan fingerprint density at radius 2 is 2.00 bits per heavy atom. The number of rotatable bonds is 2. The van der Waals surface area contributed by atoms with Crippen molar-refractivity contribution in [1.29, 1.82) is 0 Å². The van der Waals surface area contributed by atoms with Crippen molar-refractivity contribution in [3.05, 3.63) is 64.4 Å². The highest BCUT2D eigenvalue weighted by atomic mass is 35.5. The molecule has 108 valence electrons. The number of aliphatic hydroxyl groups excluding tert-OH is 1. The number of hydrogen-bond donors (Lipinski definition) is 2. The lowest BCUT2D eigenvalue weighted by Crippen LogP contribution is -2.39. The summed E-state index contributed by atoms with van der Waals surface area (Å²) in [5.74, 6) is -0.206. The summed E-state index contributed by atoms with van der Waals surface area (Å²) in [6.07, 6.45) is 0.600. The Bertz CT molecular complexity index is 661. The van der Waals surface area contributed by atoms with Crippen molar-refractivity contribution < 1.29 is 9.90 Å². The van der Waals surface area contributed by atoms with Crippen LogP contribution in [-0.4, -0.2) is 22.1 Å². The Balaban J connectivity index is 1.87. The number of halogens is 1. The summed E-state index contributed by atoms with van der Waals surface area (Å²) in [5.41, 5.74) is 2.24. The fraction of sp³-hybridized carbons (Fsp3) is 0.250. The van der Waals surface area contributed by atoms with Crippen molar-refractivity contribution in [2.24, 2.45) is 0 Å². The molecule has 0 aliphatic heterocycles. The lowest BCUT2D eigenvalue weighted by molar-refractivity contribution is 0.0789. The molecule has 1 aliphatic rings. The SMILES string of the molecule is O=C(N[C@@H]1c2ccc(Cl)nc2CC[C@H]1O)c1ccccc1. The molecule has 2 atom stereocenters. The summed E-state index contributed by atoms with van der Waals surface area (Å²) in [6, 6.07) is 12.0. The van der Waals surface area contributed by atoms with Crippen LogP contribution in [0.4, 0.5) is 0 Å². The molecule has 3 rings (SSSR count). The molecular formula is C16H15ClN2O2. The quantitative estimate of drug-likeness (QED) is 0.838. The van der Waals surface area contributed by atoms with E-state index in [-0.39, 0.29) is 5.91 Å². The first-order valence-electron chi connectivity index (χ1n) is 6.84. The van der Waals surface area contributed by atoms with Crippen LogP contribution in [0, 0.1) is 0 Å². The fourth-order valence-electron chi connectivity index (χ4n) is 2.62. The molecule has 1 aromatic heterocycles. The second-order valence-electron chi connectivity index (χ2n) is 5.09. The molecule has 0 bridgehead atoms. The molecule has 0 spiro atoms. The van der Waals surface area contributed by atoms with Gasteiger partial charge in [-0.3, -0.25) is 4.79 Å². The van der Waals surface area contributed by atoms with Crippen LogP contribution in [0.1, 0.15) is 34.1 Å². The first-order chi connectivity index (χ1) is 10.1. The molecule has 1 aliphatic carbocycles. The zero-order valence-corrected chi connectivity index (χ0v) is 12.0. The molecule has 2 N–H and O–H groups in total. The van der Waals surface area contributed by atoms with Gasteiger partial charge in [0, 0.05) is 11.3 Å². The Morgan fingerprint density at radius 3 is 2.76 bits per heavy atom. The van der Waals surface area contributed by atoms with Crippen LogP contribution < -0.4 is 5.32 Å². The van der Waals surface area contributed by atoms with Gasteiger partial charge in [-0.25, -0.2) is 4.98 Å². The van der Waals surface area contributed by atoms with Gasteiger partial charge in [0.25, 0.3) is 5.91 Å². The van der Waals surface area contributed by atoms with E-state index in [1.165, 1.54) is 0 Å². The van der Waals surface area contributed by atoms with Crippen LogP contribution in [0.2, 0.25) is 5.15 Å². The topological polar surface area (TPSA) is 62.2 Å². The van der Waals surface area contributed by atoms with E-state index in [1.807, 2.05) is 24.3 Å². The molecular weight excluding hydrogens is 288 g/mol. The fourth-order valence-corrected chi connectivity index (χ4v) is 2.78. The van der Waals surface area contributed by atoms with Crippen LogP contribution in [0.5, 0.6) is 0 Å². The molecule has 0 radical (unpaired) electrons. The molecule has 21 heavy (non-hydrogen) atoms. The number of nitrogens with zero attached hydrogens (tertiary/aromatic N) is 1. The predicted octanol–water partition coefficient (Wildman–Crippen LogP) is 2.51. The van der Waals surface area contributed by atoms with E-state index in [1.54, 1.807) is 18.2 Å². The normalized spacial score (nSPS) is 20.7. The number of aliphatic hydroxyl groups is 1. The molecule has 4 nitrogen and oxygen atoms in total. The third-order valence-corrected chi connectivity index (χ3v) is 3.91. The zero-order chi connectivity index (χ0) is 14.8. The minimum absolute atomic E-state index is 0.206. The number of carbonyl (C=O) groups is 1. The summed E-state index contributed by atoms with van der Waals surface area (Å²) >= 11 is 5.90. The molecule has 2 aromatic rings. The van der Waals surface area contributed by atoms with Crippen LogP contribution in [0.3, 0.4) is 0 Å². The van der Waals surface area contributed by atoms with Gasteiger partial charge < -0.3 is 10.4 Å². The number of fused-ring (bicyclic) bond motifs is 1. The highest BCUT2D eigenvalue weighted by molar-refractivity contribution is 6.29. The van der Waals surface area contributed by atoms with Crippen LogP contribution in [0.15, 0.2) is 42.5 Å². The lowest BCUT2D eigenvalue weighted by atomic mass is 9.88. The van der Waals surface area contributed by atoms with Crippen molar-refractivity contribution in [3.63, 3.8) is 0 Å². The molecule has 0 unspecified atom stereocenters. The number of benzene rings is 1. The average molecular weight is 303 g/mol. The van der Waals surface area contributed by atoms with Gasteiger partial charge in [0.1, 0.15) is 5.15 Å². The van der Waals surface area contributed by atoms with Crippen LogP contribution >= 0.6 is 11.6 Å². The first kappa shape index (κ1) is 14.0. The molecule has 1 amide bonds. The smallest absolute Gasteiger partial charge is 0.251 e. The van der Waals surface area contributed by atoms with Crippen molar-refractivity contribution in [1.82, 2.24) is 10.3 Å². The number of hydrogen-bond acceptors (Lipinski definition) is 3. The third-order valence-electron chi connectivity index (χ3n) is 3.69. The van der Waals surface area contributed by atoms with E-state index in [2.05, 4.69) is 10.3 Å². The van der Waals surface area contributed by atoms with Crippen molar-refractivity contribution >= 4 is 17.5 Å². The van der Waals surface area contributed by atoms with Gasteiger partial charge in [0.2, 0.25) is 0 Å². The number of amides is 1. The van der Waals surface area contributed by atoms with Gasteiger partial charge in [0.05, 0.1) is 12.1 Å². The molecule has 0 fully saturated rings. The van der Waals surface area contributed by atoms with Gasteiger partial charge in [-0.1, -0.05) is 35.9 Å². The Kier molecular flexibility index (Phi) is 3.90. The monoisotopic (exact) mass is 302 g/mol. The summed E-state index contributed by atoms with van der Waals surface area (Å²) in [7, 11) is 0. The van der Waals surface area contributed by atoms with Gasteiger partial charge >= 0.3 is 0 Å². The highest BCUT2D eigenvalue weighted by Crippen LogP contribution is 2.30. The van der Waals surface area contributed by atoms with E-state index in [4.69, 9.17) is 11.6 Å². The Morgan fingerprint density at radius 1 is 1.24 bits per heavy atom. The molecule has 0 saturated carbocycles. The zero-order valence-electron chi connectivity index (χ0n) is 11.3. The van der Waals surface area contributed by atoms with E-state index in [0.29, 0.717) is 23.6 Å². The van der Waals surface area contributed by atoms with Gasteiger partial charge in [-0.05, 0) is 36.6 Å². The van der Waals surface area contributed by atoms with Crippen molar-refractivity contribution in [2.45, 2.75) is 25.0 Å². The van der Waals surface area contributed by atoms with E-state index in [0.717, 1.165) is 11.3 Å². The molecule has 1 heterocycles. The molecule has 0 saturated heterocycles. The summed E-state index contributed by atoms with van der Waals surface area (Å²) < 4.78 is 0. The molecule has 5 heteroatoms. The number of pyridine rings is 1. The van der Waals surface area contributed by atoms with Gasteiger partial charge in [0.15, 0.2) is 0 Å². The minimum Gasteiger partial charge on any atom is -0.391 e. The number of aromatic nitrogens is 1. The van der Waals surface area contributed by atoms with E-state index in [9.17, 15) is 9.90 Å². The number of nitrogens with one attached hydrogen (secondary N) is 1. The molecule has 1 aromatic carbocycles. The van der Waals surface area contributed by atoms with Crippen LogP contribution in [0.25, 0.3) is 0 Å². The second kappa shape index (κ2) is 5.84. The van der Waals surface area contributed by atoms with Crippen molar-refractivity contribution in [3.8, 4) is 0 Å². The average Bonchev–Trinajstić information content (AvgIpc) is 2.51. The lowest BCUT2D eigenvalue weighted by Gasteiger charge is -2.30. The maximum atomic E-state index is 12.3. The predicted molar refractivity (Wildman–Crippen MR) is 80.2 cm³/mol.